The van der Waals surface area contributed by atoms with Crippen molar-refractivity contribution in [2.24, 2.45) is 0 Å². The molecule has 0 spiro atoms. The van der Waals surface area contributed by atoms with Gasteiger partial charge in [-0.15, -0.1) is 11.3 Å². The van der Waals surface area contributed by atoms with Gasteiger partial charge < -0.3 is 4.74 Å². The van der Waals surface area contributed by atoms with Crippen molar-refractivity contribution in [3.05, 3.63) is 121 Å². The van der Waals surface area contributed by atoms with Crippen molar-refractivity contribution < 1.29 is 4.74 Å². The van der Waals surface area contributed by atoms with Gasteiger partial charge in [-0.3, -0.25) is 0 Å². The molecule has 0 amide bonds. The summed E-state index contributed by atoms with van der Waals surface area (Å²) >= 11 is 1.85. The molecule has 34 heavy (non-hydrogen) atoms. The number of fused-ring (bicyclic) bond motifs is 2. The van der Waals surface area contributed by atoms with Crippen molar-refractivity contribution in [1.29, 1.82) is 0 Å². The Morgan fingerprint density at radius 2 is 1.15 bits per heavy atom. The van der Waals surface area contributed by atoms with E-state index < -0.39 is 0 Å². The molecule has 7 rings (SSSR count). The van der Waals surface area contributed by atoms with Gasteiger partial charge in [-0.05, 0) is 69.6 Å². The van der Waals surface area contributed by atoms with Crippen LogP contribution in [0.5, 0.6) is 11.5 Å². The van der Waals surface area contributed by atoms with Gasteiger partial charge in [0.05, 0.1) is 0 Å². The van der Waals surface area contributed by atoms with Crippen LogP contribution in [-0.4, -0.2) is 0 Å². The Hall–Kier alpha value is -4.14. The number of hydrogen-bond donors (Lipinski definition) is 0. The maximum absolute atomic E-state index is 6.21. The summed E-state index contributed by atoms with van der Waals surface area (Å²) in [5.41, 5.74) is 7.41. The Labute approximate surface area is 202 Å². The van der Waals surface area contributed by atoms with Crippen molar-refractivity contribution in [2.45, 2.75) is 0 Å². The van der Waals surface area contributed by atoms with Crippen LogP contribution in [0.1, 0.15) is 0 Å². The lowest BCUT2D eigenvalue weighted by Gasteiger charge is -2.21. The number of para-hydroxylation sites is 1. The molecule has 160 valence electrons. The zero-order valence-electron chi connectivity index (χ0n) is 18.4. The molecule has 6 aromatic rings. The van der Waals surface area contributed by atoms with Crippen molar-refractivity contribution >= 4 is 22.1 Å². The van der Waals surface area contributed by atoms with Crippen LogP contribution in [0, 0.1) is 0 Å². The molecule has 0 saturated heterocycles. The van der Waals surface area contributed by atoms with E-state index in [9.17, 15) is 0 Å². The molecular weight excluding hydrogens is 432 g/mol. The van der Waals surface area contributed by atoms with Gasteiger partial charge in [-0.1, -0.05) is 84.9 Å². The van der Waals surface area contributed by atoms with E-state index in [4.69, 9.17) is 4.74 Å². The highest BCUT2D eigenvalue weighted by Gasteiger charge is 2.21. The molecule has 1 aromatic heterocycles. The summed E-state index contributed by atoms with van der Waals surface area (Å²) in [5, 5.41) is 2.40. The fraction of sp³-hybridized carbons (Fsp3) is 0. The van der Waals surface area contributed by atoms with Gasteiger partial charge in [0.15, 0.2) is 0 Å². The number of rotatable bonds is 3. The minimum absolute atomic E-state index is 0.920. The molecule has 5 aromatic carbocycles. The fourth-order valence-electron chi connectivity index (χ4n) is 4.94. The average molecular weight is 453 g/mol. The van der Waals surface area contributed by atoms with Gasteiger partial charge in [0.1, 0.15) is 11.5 Å². The van der Waals surface area contributed by atoms with Crippen molar-refractivity contribution in [3.63, 3.8) is 0 Å². The van der Waals surface area contributed by atoms with E-state index in [0.717, 1.165) is 17.1 Å². The number of benzene rings is 5. The molecule has 1 aliphatic heterocycles. The lowest BCUT2D eigenvalue weighted by atomic mass is 9.92. The highest BCUT2D eigenvalue weighted by Crippen LogP contribution is 2.48. The Morgan fingerprint density at radius 3 is 2.03 bits per heavy atom. The second-order valence-electron chi connectivity index (χ2n) is 8.55. The Kier molecular flexibility index (Phi) is 4.39. The summed E-state index contributed by atoms with van der Waals surface area (Å²) < 4.78 is 6.21. The van der Waals surface area contributed by atoms with E-state index in [0.29, 0.717) is 0 Å². The molecule has 2 heterocycles. The minimum Gasteiger partial charge on any atom is -0.456 e. The monoisotopic (exact) mass is 452 g/mol. The first kappa shape index (κ1) is 19.3. The predicted octanol–water partition coefficient (Wildman–Crippen LogP) is 9.67. The summed E-state index contributed by atoms with van der Waals surface area (Å²) in [6.07, 6.45) is 0. The fourth-order valence-corrected chi connectivity index (χ4v) is 5.97. The van der Waals surface area contributed by atoms with Gasteiger partial charge in [-0.25, -0.2) is 0 Å². The van der Waals surface area contributed by atoms with Gasteiger partial charge in [0, 0.05) is 20.7 Å². The van der Waals surface area contributed by atoms with Crippen LogP contribution in [0.2, 0.25) is 0 Å². The van der Waals surface area contributed by atoms with Gasteiger partial charge in [0.2, 0.25) is 0 Å². The highest BCUT2D eigenvalue weighted by molar-refractivity contribution is 7.18. The Morgan fingerprint density at radius 1 is 0.441 bits per heavy atom. The zero-order chi connectivity index (χ0) is 22.5. The van der Waals surface area contributed by atoms with E-state index in [-0.39, 0.29) is 0 Å². The largest absolute Gasteiger partial charge is 0.456 e. The molecule has 0 unspecified atom stereocenters. The first-order valence-corrected chi connectivity index (χ1v) is 12.3. The lowest BCUT2D eigenvalue weighted by molar-refractivity contribution is 0.487. The quantitative estimate of drug-likeness (QED) is 0.259. The van der Waals surface area contributed by atoms with Crippen molar-refractivity contribution in [3.8, 4) is 54.6 Å². The Balaban J connectivity index is 1.38. The number of thiophene rings is 1. The zero-order valence-corrected chi connectivity index (χ0v) is 19.2. The normalized spacial score (nSPS) is 11.8. The van der Waals surface area contributed by atoms with Gasteiger partial charge in [-0.2, -0.15) is 0 Å². The van der Waals surface area contributed by atoms with Gasteiger partial charge in [0.25, 0.3) is 0 Å². The SMILES string of the molecule is c1ccc(-c2ccccc2-c2ccc(-c3cc4c5c(cccc5c3)Oc3ccccc3-4)s2)cc1. The molecule has 2 heteroatoms. The first-order valence-electron chi connectivity index (χ1n) is 11.4. The van der Waals surface area contributed by atoms with Crippen LogP contribution in [-0.2, 0) is 0 Å². The third kappa shape index (κ3) is 3.07. The van der Waals surface area contributed by atoms with Crippen LogP contribution in [0.4, 0.5) is 0 Å². The smallest absolute Gasteiger partial charge is 0.135 e. The molecule has 0 N–H and O–H groups in total. The molecule has 0 saturated carbocycles. The van der Waals surface area contributed by atoms with E-state index in [1.165, 1.54) is 48.3 Å². The molecule has 0 radical (unpaired) electrons. The van der Waals surface area contributed by atoms with Crippen LogP contribution in [0.3, 0.4) is 0 Å². The molecule has 0 fully saturated rings. The Bertz CT molecular complexity index is 1680. The molecule has 0 aliphatic carbocycles. The van der Waals surface area contributed by atoms with Crippen LogP contribution < -0.4 is 4.74 Å². The maximum atomic E-state index is 6.21. The van der Waals surface area contributed by atoms with E-state index >= 15 is 0 Å². The minimum atomic E-state index is 0.920. The van der Waals surface area contributed by atoms with Crippen LogP contribution >= 0.6 is 11.3 Å². The summed E-state index contributed by atoms with van der Waals surface area (Å²) in [4.78, 5) is 2.55. The van der Waals surface area contributed by atoms with Crippen LogP contribution in [0.15, 0.2) is 121 Å². The maximum Gasteiger partial charge on any atom is 0.135 e. The molecule has 0 bridgehead atoms. The summed E-state index contributed by atoms with van der Waals surface area (Å²) in [7, 11) is 0. The number of ether oxygens (including phenoxy) is 1. The van der Waals surface area contributed by atoms with Gasteiger partial charge >= 0.3 is 0 Å². The van der Waals surface area contributed by atoms with Crippen LogP contribution in [0.25, 0.3) is 53.9 Å². The topological polar surface area (TPSA) is 9.23 Å². The summed E-state index contributed by atoms with van der Waals surface area (Å²) in [6.45, 7) is 0. The summed E-state index contributed by atoms with van der Waals surface area (Å²) in [6, 6.07) is 43.1. The van der Waals surface area contributed by atoms with Crippen molar-refractivity contribution in [2.75, 3.05) is 0 Å². The van der Waals surface area contributed by atoms with Crippen molar-refractivity contribution in [1.82, 2.24) is 0 Å². The van der Waals surface area contributed by atoms with E-state index in [1.807, 2.05) is 23.5 Å². The average Bonchev–Trinajstić information content (AvgIpc) is 3.40. The lowest BCUT2D eigenvalue weighted by Crippen LogP contribution is -1.97. The van der Waals surface area contributed by atoms with E-state index in [2.05, 4.69) is 109 Å². The predicted molar refractivity (Wildman–Crippen MR) is 144 cm³/mol. The molecular formula is C32H20OS. The number of hydrogen-bond acceptors (Lipinski definition) is 2. The second kappa shape index (κ2) is 7.72. The third-order valence-corrected chi connectivity index (χ3v) is 7.67. The molecule has 1 aliphatic rings. The first-order chi connectivity index (χ1) is 16.8. The second-order valence-corrected chi connectivity index (χ2v) is 9.64. The summed E-state index contributed by atoms with van der Waals surface area (Å²) in [5.74, 6) is 1.85. The van der Waals surface area contributed by atoms with E-state index in [1.54, 1.807) is 0 Å². The standard InChI is InChI=1S/C32H20OS/c1-2-9-21(10-3-1)24-12-4-5-14-26(24)31-18-17-30(34-31)23-19-22-11-8-16-29-32(22)27(20-23)25-13-6-7-15-28(25)33-29/h1-20H. The third-order valence-electron chi connectivity index (χ3n) is 6.50. The molecule has 0 atom stereocenters. The molecule has 1 nitrogen and oxygen atoms in total. The highest BCUT2D eigenvalue weighted by atomic mass is 32.1.